The van der Waals surface area contributed by atoms with Crippen molar-refractivity contribution < 1.29 is 9.53 Å². The Kier molecular flexibility index (Phi) is 5.68. The Morgan fingerprint density at radius 1 is 1.12 bits per heavy atom. The first-order valence-corrected chi connectivity index (χ1v) is 9.34. The maximum absolute atomic E-state index is 12.6. The number of amides is 1. The average Bonchev–Trinajstić information content (AvgIpc) is 3.08. The molecule has 0 N–H and O–H groups in total. The van der Waals surface area contributed by atoms with Gasteiger partial charge in [-0.3, -0.25) is 4.79 Å². The van der Waals surface area contributed by atoms with Gasteiger partial charge in [-0.2, -0.15) is 0 Å². The van der Waals surface area contributed by atoms with Crippen LogP contribution in [-0.2, 0) is 13.2 Å². The maximum Gasteiger partial charge on any atom is 0.273 e. The van der Waals surface area contributed by atoms with E-state index in [4.69, 9.17) is 4.74 Å². The molecule has 0 fully saturated rings. The normalized spacial score (nSPS) is 10.6. The number of hydrogen-bond donors (Lipinski definition) is 0. The van der Waals surface area contributed by atoms with Gasteiger partial charge in [-0.05, 0) is 42.7 Å². The molecule has 3 rings (SSSR count). The van der Waals surface area contributed by atoms with Crippen LogP contribution in [0.15, 0.2) is 53.9 Å². The molecule has 0 saturated heterocycles. The summed E-state index contributed by atoms with van der Waals surface area (Å²) in [6, 6.07) is 16.0. The van der Waals surface area contributed by atoms with E-state index in [0.29, 0.717) is 18.8 Å². The van der Waals surface area contributed by atoms with E-state index in [9.17, 15) is 4.79 Å². The highest BCUT2D eigenvalue weighted by atomic mass is 32.1. The van der Waals surface area contributed by atoms with Crippen LogP contribution in [-0.4, -0.2) is 22.8 Å². The third-order valence-electron chi connectivity index (χ3n) is 3.94. The second-order valence-electron chi connectivity index (χ2n) is 6.39. The zero-order valence-electron chi connectivity index (χ0n) is 15.2. The zero-order valence-corrected chi connectivity index (χ0v) is 16.0. The van der Waals surface area contributed by atoms with Crippen LogP contribution in [0.5, 0.6) is 5.75 Å². The van der Waals surface area contributed by atoms with Crippen LogP contribution in [0, 0.1) is 13.8 Å². The van der Waals surface area contributed by atoms with Crippen LogP contribution in [0.1, 0.15) is 32.2 Å². The number of thiazole rings is 1. The Hall–Kier alpha value is -2.66. The van der Waals surface area contributed by atoms with Gasteiger partial charge in [-0.25, -0.2) is 4.98 Å². The molecule has 0 saturated carbocycles. The smallest absolute Gasteiger partial charge is 0.273 e. The predicted octanol–water partition coefficient (Wildman–Crippen LogP) is 4.61. The lowest BCUT2D eigenvalue weighted by Crippen LogP contribution is -2.26. The van der Waals surface area contributed by atoms with Crippen LogP contribution >= 0.6 is 11.3 Å². The lowest BCUT2D eigenvalue weighted by Gasteiger charge is -2.15. The highest BCUT2D eigenvalue weighted by molar-refractivity contribution is 7.09. The molecule has 0 spiro atoms. The Morgan fingerprint density at radius 2 is 1.81 bits per heavy atom. The van der Waals surface area contributed by atoms with Gasteiger partial charge in [0.2, 0.25) is 0 Å². The van der Waals surface area contributed by atoms with Crippen molar-refractivity contribution in [1.82, 2.24) is 9.88 Å². The molecule has 0 aliphatic rings. The third kappa shape index (κ3) is 4.70. The van der Waals surface area contributed by atoms with Crippen molar-refractivity contribution >= 4 is 17.2 Å². The summed E-state index contributed by atoms with van der Waals surface area (Å²) in [5.74, 6) is 0.745. The fraction of sp³-hybridized carbons (Fsp3) is 0.238. The summed E-state index contributed by atoms with van der Waals surface area (Å²) in [7, 11) is 1.79. The number of ether oxygens (including phenoxy) is 1. The van der Waals surface area contributed by atoms with Crippen molar-refractivity contribution in [2.75, 3.05) is 7.05 Å². The van der Waals surface area contributed by atoms with Crippen molar-refractivity contribution in [3.05, 3.63) is 81.3 Å². The second kappa shape index (κ2) is 8.15. The van der Waals surface area contributed by atoms with E-state index in [2.05, 4.69) is 11.1 Å². The van der Waals surface area contributed by atoms with Crippen LogP contribution in [0.25, 0.3) is 0 Å². The fourth-order valence-electron chi connectivity index (χ4n) is 2.76. The number of rotatable bonds is 6. The fourth-order valence-corrected chi connectivity index (χ4v) is 3.44. The number of carbonyl (C=O) groups excluding carboxylic acids is 1. The molecule has 2 aromatic carbocycles. The minimum atomic E-state index is -0.0808. The molecule has 1 heterocycles. The summed E-state index contributed by atoms with van der Waals surface area (Å²) in [5, 5.41) is 2.59. The number of nitrogens with zero attached hydrogens (tertiary/aromatic N) is 2. The van der Waals surface area contributed by atoms with E-state index in [1.54, 1.807) is 17.3 Å². The molecule has 26 heavy (non-hydrogen) atoms. The number of aromatic nitrogens is 1. The first-order chi connectivity index (χ1) is 12.5. The first kappa shape index (κ1) is 18.1. The summed E-state index contributed by atoms with van der Waals surface area (Å²) in [6.45, 7) is 5.01. The standard InChI is InChI=1S/C21H22N2O2S/c1-15-9-16(2)11-18(10-15)25-13-20-22-19(14-26-20)21(24)23(3)12-17-7-5-4-6-8-17/h4-11,14H,12-13H2,1-3H3. The number of aryl methyl sites for hydroxylation is 2. The van der Waals surface area contributed by atoms with E-state index in [-0.39, 0.29) is 5.91 Å². The van der Waals surface area contributed by atoms with Crippen LogP contribution in [0.4, 0.5) is 0 Å². The number of benzene rings is 2. The van der Waals surface area contributed by atoms with Gasteiger partial charge < -0.3 is 9.64 Å². The van der Waals surface area contributed by atoms with Crippen molar-refractivity contribution in [1.29, 1.82) is 0 Å². The van der Waals surface area contributed by atoms with Gasteiger partial charge in [0.15, 0.2) is 0 Å². The monoisotopic (exact) mass is 366 g/mol. The number of carbonyl (C=O) groups is 1. The van der Waals surface area contributed by atoms with Crippen molar-refractivity contribution in [3.63, 3.8) is 0 Å². The molecule has 5 heteroatoms. The first-order valence-electron chi connectivity index (χ1n) is 8.46. The van der Waals surface area contributed by atoms with Crippen LogP contribution in [0.2, 0.25) is 0 Å². The Labute approximate surface area is 158 Å². The van der Waals surface area contributed by atoms with E-state index >= 15 is 0 Å². The molecule has 134 valence electrons. The topological polar surface area (TPSA) is 42.4 Å². The summed E-state index contributed by atoms with van der Waals surface area (Å²) in [6.07, 6.45) is 0. The minimum Gasteiger partial charge on any atom is -0.486 e. The van der Waals surface area contributed by atoms with E-state index in [0.717, 1.165) is 27.4 Å². The van der Waals surface area contributed by atoms with E-state index in [1.807, 2.05) is 56.3 Å². The second-order valence-corrected chi connectivity index (χ2v) is 7.33. The Balaban J connectivity index is 1.60. The predicted molar refractivity (Wildman–Crippen MR) is 105 cm³/mol. The average molecular weight is 366 g/mol. The van der Waals surface area contributed by atoms with Gasteiger partial charge in [0.1, 0.15) is 23.1 Å². The quantitative estimate of drug-likeness (QED) is 0.640. The summed E-state index contributed by atoms with van der Waals surface area (Å²) < 4.78 is 5.83. The van der Waals surface area contributed by atoms with Crippen molar-refractivity contribution in [2.45, 2.75) is 27.0 Å². The molecule has 1 amide bonds. The van der Waals surface area contributed by atoms with Gasteiger partial charge in [0.25, 0.3) is 5.91 Å². The van der Waals surface area contributed by atoms with Crippen LogP contribution in [0.3, 0.4) is 0 Å². The highest BCUT2D eigenvalue weighted by Crippen LogP contribution is 2.19. The molecule has 3 aromatic rings. The SMILES string of the molecule is Cc1cc(C)cc(OCc2nc(C(=O)N(C)Cc3ccccc3)cs2)c1. The van der Waals surface area contributed by atoms with Gasteiger partial charge in [0, 0.05) is 19.0 Å². The lowest BCUT2D eigenvalue weighted by molar-refractivity contribution is 0.0779. The maximum atomic E-state index is 12.6. The molecule has 1 aromatic heterocycles. The Morgan fingerprint density at radius 3 is 2.50 bits per heavy atom. The molecule has 0 aliphatic heterocycles. The molecular weight excluding hydrogens is 344 g/mol. The van der Waals surface area contributed by atoms with Crippen molar-refractivity contribution in [3.8, 4) is 5.75 Å². The summed E-state index contributed by atoms with van der Waals surface area (Å²) in [4.78, 5) is 18.7. The third-order valence-corrected chi connectivity index (χ3v) is 4.76. The molecule has 0 radical (unpaired) electrons. The molecule has 0 unspecified atom stereocenters. The van der Waals surface area contributed by atoms with E-state index < -0.39 is 0 Å². The molecule has 0 aliphatic carbocycles. The van der Waals surface area contributed by atoms with E-state index in [1.165, 1.54) is 11.3 Å². The highest BCUT2D eigenvalue weighted by Gasteiger charge is 2.16. The lowest BCUT2D eigenvalue weighted by atomic mass is 10.1. The molecular formula is C21H22N2O2S. The molecule has 0 atom stereocenters. The van der Waals surface area contributed by atoms with Gasteiger partial charge in [-0.15, -0.1) is 11.3 Å². The number of hydrogen-bond acceptors (Lipinski definition) is 4. The minimum absolute atomic E-state index is 0.0808. The van der Waals surface area contributed by atoms with Crippen molar-refractivity contribution in [2.24, 2.45) is 0 Å². The zero-order chi connectivity index (χ0) is 18.5. The molecule has 0 bridgehead atoms. The Bertz CT molecular complexity index is 870. The van der Waals surface area contributed by atoms with Gasteiger partial charge >= 0.3 is 0 Å². The van der Waals surface area contributed by atoms with Gasteiger partial charge in [-0.1, -0.05) is 36.4 Å². The summed E-state index contributed by atoms with van der Waals surface area (Å²) in [5.41, 5.74) is 3.89. The van der Waals surface area contributed by atoms with Crippen LogP contribution < -0.4 is 4.74 Å². The van der Waals surface area contributed by atoms with Gasteiger partial charge in [0.05, 0.1) is 0 Å². The molecule has 4 nitrogen and oxygen atoms in total. The largest absolute Gasteiger partial charge is 0.486 e. The summed E-state index contributed by atoms with van der Waals surface area (Å²) >= 11 is 1.45.